The highest BCUT2D eigenvalue weighted by atomic mass is 16.5. The molecule has 0 aromatic carbocycles. The van der Waals surface area contributed by atoms with Gasteiger partial charge in [-0.3, -0.25) is 9.48 Å². The molecule has 0 radical (unpaired) electrons. The number of carbonyl (C=O) groups is 1. The summed E-state index contributed by atoms with van der Waals surface area (Å²) < 4.78 is 6.81. The molecule has 0 saturated heterocycles. The lowest BCUT2D eigenvalue weighted by Crippen LogP contribution is -2.28. The average Bonchev–Trinajstić information content (AvgIpc) is 2.45. The molecule has 84 valence electrons. The van der Waals surface area contributed by atoms with Crippen molar-refractivity contribution in [3.63, 3.8) is 0 Å². The normalized spacial score (nSPS) is 12.5. The summed E-state index contributed by atoms with van der Waals surface area (Å²) >= 11 is 0. The molecule has 0 aliphatic heterocycles. The molecule has 1 atom stereocenters. The Bertz CT molecular complexity index is 346. The maximum Gasteiger partial charge on any atom is 0.254 e. The van der Waals surface area contributed by atoms with Crippen LogP contribution in [0.2, 0.25) is 0 Å². The van der Waals surface area contributed by atoms with E-state index in [1.165, 1.54) is 0 Å². The van der Waals surface area contributed by atoms with E-state index in [-0.39, 0.29) is 5.91 Å². The third kappa shape index (κ3) is 3.06. The highest BCUT2D eigenvalue weighted by Crippen LogP contribution is 2.08. The number of anilines is 1. The largest absolute Gasteiger partial charge is 0.369 e. The van der Waals surface area contributed by atoms with Crippen molar-refractivity contribution in [2.24, 2.45) is 7.05 Å². The van der Waals surface area contributed by atoms with Crippen LogP contribution in [0, 0.1) is 6.92 Å². The van der Waals surface area contributed by atoms with E-state index in [0.717, 1.165) is 5.69 Å². The van der Waals surface area contributed by atoms with Gasteiger partial charge in [0.2, 0.25) is 0 Å². The van der Waals surface area contributed by atoms with Gasteiger partial charge >= 0.3 is 0 Å². The van der Waals surface area contributed by atoms with Crippen LogP contribution in [0.25, 0.3) is 0 Å². The molecule has 1 unspecified atom stereocenters. The van der Waals surface area contributed by atoms with Crippen LogP contribution in [0.1, 0.15) is 19.5 Å². The van der Waals surface area contributed by atoms with E-state index in [2.05, 4.69) is 10.4 Å². The Balaban J connectivity index is 2.62. The summed E-state index contributed by atoms with van der Waals surface area (Å²) in [5, 5.41) is 6.88. The quantitative estimate of drug-likeness (QED) is 0.811. The SMILES string of the molecule is CCOC(C)C(=O)Nc1cc(C)nn1C. The van der Waals surface area contributed by atoms with Gasteiger partial charge < -0.3 is 10.1 Å². The molecule has 0 fully saturated rings. The van der Waals surface area contributed by atoms with Gasteiger partial charge in [0.15, 0.2) is 0 Å². The zero-order valence-corrected chi connectivity index (χ0v) is 9.57. The summed E-state index contributed by atoms with van der Waals surface area (Å²) in [6.07, 6.45) is -0.440. The second-order valence-corrected chi connectivity index (χ2v) is 3.38. The van der Waals surface area contributed by atoms with Gasteiger partial charge in [0, 0.05) is 19.7 Å². The molecule has 1 amide bonds. The van der Waals surface area contributed by atoms with E-state index < -0.39 is 6.10 Å². The van der Waals surface area contributed by atoms with Crippen molar-refractivity contribution in [1.29, 1.82) is 0 Å². The molecular weight excluding hydrogens is 194 g/mol. The number of aryl methyl sites for hydroxylation is 2. The van der Waals surface area contributed by atoms with Crippen molar-refractivity contribution < 1.29 is 9.53 Å². The van der Waals surface area contributed by atoms with E-state index in [9.17, 15) is 4.79 Å². The van der Waals surface area contributed by atoms with Crippen molar-refractivity contribution in [3.8, 4) is 0 Å². The van der Waals surface area contributed by atoms with E-state index in [4.69, 9.17) is 4.74 Å². The van der Waals surface area contributed by atoms with Gasteiger partial charge in [-0.2, -0.15) is 5.10 Å². The molecule has 1 heterocycles. The zero-order chi connectivity index (χ0) is 11.4. The van der Waals surface area contributed by atoms with Crippen molar-refractivity contribution in [2.75, 3.05) is 11.9 Å². The molecule has 1 rings (SSSR count). The topological polar surface area (TPSA) is 56.1 Å². The van der Waals surface area contributed by atoms with Gasteiger partial charge in [-0.25, -0.2) is 0 Å². The number of amides is 1. The number of nitrogens with zero attached hydrogens (tertiary/aromatic N) is 2. The molecule has 0 saturated carbocycles. The first kappa shape index (κ1) is 11.7. The second-order valence-electron chi connectivity index (χ2n) is 3.38. The minimum Gasteiger partial charge on any atom is -0.369 e. The molecule has 1 N–H and O–H groups in total. The minimum atomic E-state index is -0.440. The number of carbonyl (C=O) groups excluding carboxylic acids is 1. The maximum atomic E-state index is 11.6. The fourth-order valence-corrected chi connectivity index (χ4v) is 1.28. The fraction of sp³-hybridized carbons (Fsp3) is 0.600. The Morgan fingerprint density at radius 3 is 2.87 bits per heavy atom. The molecule has 0 spiro atoms. The molecule has 1 aromatic heterocycles. The maximum absolute atomic E-state index is 11.6. The zero-order valence-electron chi connectivity index (χ0n) is 9.57. The molecule has 0 aliphatic carbocycles. The van der Waals surface area contributed by atoms with Crippen LogP contribution in [0.4, 0.5) is 5.82 Å². The van der Waals surface area contributed by atoms with Crippen molar-refractivity contribution in [1.82, 2.24) is 9.78 Å². The van der Waals surface area contributed by atoms with Gasteiger partial charge in [0.1, 0.15) is 11.9 Å². The van der Waals surface area contributed by atoms with Crippen molar-refractivity contribution in [2.45, 2.75) is 26.9 Å². The van der Waals surface area contributed by atoms with Gasteiger partial charge in [0.25, 0.3) is 5.91 Å². The summed E-state index contributed by atoms with van der Waals surface area (Å²) in [7, 11) is 1.79. The Kier molecular flexibility index (Phi) is 3.85. The van der Waals surface area contributed by atoms with Crippen LogP contribution in [0.15, 0.2) is 6.07 Å². The average molecular weight is 211 g/mol. The van der Waals surface area contributed by atoms with Crippen LogP contribution in [0.3, 0.4) is 0 Å². The van der Waals surface area contributed by atoms with E-state index in [1.807, 2.05) is 19.9 Å². The van der Waals surface area contributed by atoms with E-state index in [0.29, 0.717) is 12.4 Å². The lowest BCUT2D eigenvalue weighted by atomic mass is 10.3. The monoisotopic (exact) mass is 211 g/mol. The smallest absolute Gasteiger partial charge is 0.254 e. The summed E-state index contributed by atoms with van der Waals surface area (Å²) in [6.45, 7) is 5.99. The first-order chi connectivity index (χ1) is 7.04. The van der Waals surface area contributed by atoms with Crippen molar-refractivity contribution in [3.05, 3.63) is 11.8 Å². The molecule has 1 aromatic rings. The first-order valence-corrected chi connectivity index (χ1v) is 4.97. The third-order valence-electron chi connectivity index (χ3n) is 2.04. The molecule has 5 heteroatoms. The Morgan fingerprint density at radius 1 is 1.73 bits per heavy atom. The summed E-state index contributed by atoms with van der Waals surface area (Å²) in [5.41, 5.74) is 0.872. The lowest BCUT2D eigenvalue weighted by molar-refractivity contribution is -0.126. The molecule has 5 nitrogen and oxygen atoms in total. The molecule has 15 heavy (non-hydrogen) atoms. The summed E-state index contributed by atoms with van der Waals surface area (Å²) in [5.74, 6) is 0.531. The third-order valence-corrected chi connectivity index (χ3v) is 2.04. The van der Waals surface area contributed by atoms with Crippen LogP contribution in [-0.4, -0.2) is 28.4 Å². The van der Waals surface area contributed by atoms with Gasteiger partial charge in [-0.1, -0.05) is 0 Å². The fourth-order valence-electron chi connectivity index (χ4n) is 1.28. The molecule has 0 aliphatic rings. The second kappa shape index (κ2) is 4.93. The molecular formula is C10H17N3O2. The van der Waals surface area contributed by atoms with Crippen LogP contribution >= 0.6 is 0 Å². The van der Waals surface area contributed by atoms with Crippen molar-refractivity contribution >= 4 is 11.7 Å². The lowest BCUT2D eigenvalue weighted by Gasteiger charge is -2.11. The highest BCUT2D eigenvalue weighted by Gasteiger charge is 2.14. The number of hydrogen-bond acceptors (Lipinski definition) is 3. The number of aromatic nitrogens is 2. The first-order valence-electron chi connectivity index (χ1n) is 4.97. The standard InChI is InChI=1S/C10H17N3O2/c1-5-15-8(3)10(14)11-9-6-7(2)12-13(9)4/h6,8H,5H2,1-4H3,(H,11,14). The van der Waals surface area contributed by atoms with E-state index >= 15 is 0 Å². The summed E-state index contributed by atoms with van der Waals surface area (Å²) in [4.78, 5) is 11.6. The number of ether oxygens (including phenoxy) is 1. The Morgan fingerprint density at radius 2 is 2.40 bits per heavy atom. The Hall–Kier alpha value is -1.36. The minimum absolute atomic E-state index is 0.153. The van der Waals surface area contributed by atoms with Crippen LogP contribution in [-0.2, 0) is 16.6 Å². The van der Waals surface area contributed by atoms with Gasteiger partial charge in [-0.05, 0) is 20.8 Å². The summed E-state index contributed by atoms with van der Waals surface area (Å²) in [6, 6.07) is 1.82. The van der Waals surface area contributed by atoms with Crippen LogP contribution < -0.4 is 5.32 Å². The predicted molar refractivity (Wildman–Crippen MR) is 57.7 cm³/mol. The Labute approximate surface area is 89.4 Å². The van der Waals surface area contributed by atoms with Gasteiger partial charge in [0.05, 0.1) is 5.69 Å². The highest BCUT2D eigenvalue weighted by molar-refractivity contribution is 5.93. The van der Waals surface area contributed by atoms with Gasteiger partial charge in [-0.15, -0.1) is 0 Å². The van der Waals surface area contributed by atoms with Crippen LogP contribution in [0.5, 0.6) is 0 Å². The number of hydrogen-bond donors (Lipinski definition) is 1. The molecule has 0 bridgehead atoms. The van der Waals surface area contributed by atoms with E-state index in [1.54, 1.807) is 18.7 Å². The number of nitrogens with one attached hydrogen (secondary N) is 1. The predicted octanol–water partition coefficient (Wildman–Crippen LogP) is 1.09. The number of rotatable bonds is 4.